The van der Waals surface area contributed by atoms with Crippen LogP contribution in [0.25, 0.3) is 10.9 Å². The number of carbonyl (C=O) groups is 3. The molecule has 5 rings (SSSR count). The summed E-state index contributed by atoms with van der Waals surface area (Å²) in [6.07, 6.45) is -0.683. The van der Waals surface area contributed by atoms with Gasteiger partial charge in [-0.15, -0.1) is 0 Å². The maximum absolute atomic E-state index is 14.6. The second-order valence-electron chi connectivity index (χ2n) is 13.1. The Bertz CT molecular complexity index is 1910. The van der Waals surface area contributed by atoms with Gasteiger partial charge < -0.3 is 37.3 Å². The van der Waals surface area contributed by atoms with Crippen LogP contribution in [0.4, 0.5) is 13.2 Å². The highest BCUT2D eigenvalue weighted by Crippen LogP contribution is 2.43. The van der Waals surface area contributed by atoms with E-state index in [9.17, 15) is 27.6 Å². The van der Waals surface area contributed by atoms with Gasteiger partial charge in [-0.05, 0) is 86.1 Å². The van der Waals surface area contributed by atoms with Crippen LogP contribution < -0.4 is 27.4 Å². The number of nitrogens with two attached hydrogens (primary N) is 2. The van der Waals surface area contributed by atoms with E-state index in [4.69, 9.17) is 23.1 Å². The molecule has 0 bridgehead atoms. The third-order valence-corrected chi connectivity index (χ3v) is 11.2. The molecule has 0 saturated carbocycles. The predicted molar refractivity (Wildman–Crippen MR) is 201 cm³/mol. The number of fused-ring (bicyclic) bond motifs is 3. The summed E-state index contributed by atoms with van der Waals surface area (Å²) in [5, 5.41) is 9.87. The number of benzene rings is 3. The van der Waals surface area contributed by atoms with Gasteiger partial charge in [0, 0.05) is 53.4 Å². The van der Waals surface area contributed by atoms with Gasteiger partial charge in [-0.3, -0.25) is 14.4 Å². The second-order valence-corrected chi connectivity index (χ2v) is 14.5. The first-order chi connectivity index (χ1) is 25.4. The number of hydrogen-bond acceptors (Lipinski definition) is 7. The molecular formula is C38H45ClF3N7O3S. The first-order valence-corrected chi connectivity index (χ1v) is 18.8. The fourth-order valence-corrected chi connectivity index (χ4v) is 7.92. The molecule has 1 aliphatic rings. The zero-order chi connectivity index (χ0) is 38.1. The smallest absolute Gasteiger partial charge is 0.361 e. The van der Waals surface area contributed by atoms with Gasteiger partial charge in [0.1, 0.15) is 12.1 Å². The Hall–Kier alpha value is -4.08. The number of aromatic nitrogens is 1. The van der Waals surface area contributed by atoms with Crippen LogP contribution in [0.2, 0.25) is 5.02 Å². The molecule has 3 amide bonds. The molecule has 4 aromatic rings. The lowest BCUT2D eigenvalue weighted by atomic mass is 10.0. The summed E-state index contributed by atoms with van der Waals surface area (Å²) in [6, 6.07) is 13.8. The van der Waals surface area contributed by atoms with Gasteiger partial charge in [-0.25, -0.2) is 0 Å². The molecule has 1 aliphatic heterocycles. The van der Waals surface area contributed by atoms with Crippen LogP contribution in [0.1, 0.15) is 54.4 Å². The number of alkyl halides is 3. The van der Waals surface area contributed by atoms with Crippen LogP contribution in [0.3, 0.4) is 0 Å². The van der Waals surface area contributed by atoms with Crippen LogP contribution in [-0.2, 0) is 40.1 Å². The van der Waals surface area contributed by atoms with Crippen molar-refractivity contribution in [3.8, 4) is 0 Å². The van der Waals surface area contributed by atoms with E-state index in [0.29, 0.717) is 49.2 Å². The van der Waals surface area contributed by atoms with Crippen LogP contribution >= 0.6 is 23.4 Å². The van der Waals surface area contributed by atoms with Crippen LogP contribution in [0.5, 0.6) is 0 Å². The minimum absolute atomic E-state index is 0.0406. The van der Waals surface area contributed by atoms with E-state index in [1.165, 1.54) is 18.0 Å². The summed E-state index contributed by atoms with van der Waals surface area (Å²) in [4.78, 5) is 47.8. The van der Waals surface area contributed by atoms with Crippen molar-refractivity contribution in [1.82, 2.24) is 25.8 Å². The van der Waals surface area contributed by atoms with Gasteiger partial charge in [-0.1, -0.05) is 59.8 Å². The van der Waals surface area contributed by atoms with Gasteiger partial charge in [0.15, 0.2) is 0 Å². The van der Waals surface area contributed by atoms with Crippen LogP contribution in [0, 0.1) is 0 Å². The molecule has 0 fully saturated rings. The highest BCUT2D eigenvalue weighted by atomic mass is 35.5. The average Bonchev–Trinajstić information content (AvgIpc) is 3.55. The number of nitrogens with one attached hydrogen (secondary N) is 4. The normalized spacial score (nSPS) is 19.3. The molecule has 0 aliphatic carbocycles. The third-order valence-electron chi connectivity index (χ3n) is 9.46. The Kier molecular flexibility index (Phi) is 13.9. The van der Waals surface area contributed by atoms with Crippen molar-refractivity contribution in [2.75, 3.05) is 20.1 Å². The van der Waals surface area contributed by atoms with Gasteiger partial charge >= 0.3 is 6.18 Å². The van der Waals surface area contributed by atoms with E-state index in [1.807, 2.05) is 30.3 Å². The molecule has 2 heterocycles. The number of para-hydroxylation sites is 1. The molecule has 3 atom stereocenters. The number of carbonyl (C=O) groups excluding carboxylic acids is 3. The molecular weight excluding hydrogens is 727 g/mol. The first kappa shape index (κ1) is 40.1. The van der Waals surface area contributed by atoms with Crippen molar-refractivity contribution in [2.45, 2.75) is 85.7 Å². The Labute approximate surface area is 315 Å². The molecule has 0 unspecified atom stereocenters. The van der Waals surface area contributed by atoms with Gasteiger partial charge in [-0.2, -0.15) is 13.2 Å². The predicted octanol–water partition coefficient (Wildman–Crippen LogP) is 5.50. The summed E-state index contributed by atoms with van der Waals surface area (Å²) < 4.78 is 43.7. The molecule has 3 aromatic carbocycles. The van der Waals surface area contributed by atoms with Crippen molar-refractivity contribution >= 4 is 52.0 Å². The standard InChI is InChI=1S/C38H45ClF3N7O3S/c1-49-32(19-24-21-45-29-11-4-3-10-25(24)29)36(51)47-22-26-27(38(40,41)42)15-16-28(39)34(26)53-33-14-5-2-9-23(33)20-46-30(13-8-18-44)35(50)48-31(37(49)52)12-6-7-17-43/h2-5,9-11,14-16,21,30-32,45-46H,6-8,12-13,17-20,22,43-44H2,1H3,(H,47,51)(H,48,50)/t30-,31-,32+/m1/s1. The lowest BCUT2D eigenvalue weighted by molar-refractivity contribution is -0.142. The fourth-order valence-electron chi connectivity index (χ4n) is 6.52. The summed E-state index contributed by atoms with van der Waals surface area (Å²) >= 11 is 7.69. The Morgan fingerprint density at radius 2 is 1.60 bits per heavy atom. The second kappa shape index (κ2) is 18.3. The summed E-state index contributed by atoms with van der Waals surface area (Å²) in [7, 11) is 1.47. The summed E-state index contributed by atoms with van der Waals surface area (Å²) in [5.74, 6) is -1.60. The van der Waals surface area contributed by atoms with Crippen molar-refractivity contribution in [3.63, 3.8) is 0 Å². The van der Waals surface area contributed by atoms with E-state index < -0.39 is 54.1 Å². The topological polar surface area (TPSA) is 158 Å². The molecule has 8 N–H and O–H groups in total. The largest absolute Gasteiger partial charge is 0.416 e. The number of likely N-dealkylation sites (N-methyl/N-ethyl adjacent to an activating group) is 1. The maximum atomic E-state index is 14.6. The number of H-pyrrole nitrogens is 1. The van der Waals surface area contributed by atoms with E-state index in [1.54, 1.807) is 24.4 Å². The van der Waals surface area contributed by atoms with E-state index >= 15 is 0 Å². The third kappa shape index (κ3) is 9.92. The zero-order valence-electron chi connectivity index (χ0n) is 29.4. The van der Waals surface area contributed by atoms with Gasteiger partial charge in [0.05, 0.1) is 16.6 Å². The molecule has 0 spiro atoms. The maximum Gasteiger partial charge on any atom is 0.416 e. The van der Waals surface area contributed by atoms with Crippen LogP contribution in [-0.4, -0.2) is 65.9 Å². The monoisotopic (exact) mass is 771 g/mol. The first-order valence-electron chi connectivity index (χ1n) is 17.6. The zero-order valence-corrected chi connectivity index (χ0v) is 31.0. The molecule has 0 radical (unpaired) electrons. The molecule has 1 aromatic heterocycles. The van der Waals surface area contributed by atoms with E-state index in [2.05, 4.69) is 20.9 Å². The number of nitrogens with zero attached hydrogens (tertiary/aromatic N) is 1. The molecule has 15 heteroatoms. The van der Waals surface area contributed by atoms with E-state index in [-0.39, 0.29) is 34.9 Å². The van der Waals surface area contributed by atoms with E-state index in [0.717, 1.165) is 34.3 Å². The van der Waals surface area contributed by atoms with Crippen molar-refractivity contribution in [2.24, 2.45) is 11.5 Å². The lowest BCUT2D eigenvalue weighted by Gasteiger charge is -2.32. The van der Waals surface area contributed by atoms with Crippen LogP contribution in [0.15, 0.2) is 76.7 Å². The Balaban J connectivity index is 1.63. The minimum atomic E-state index is -4.75. The number of unbranched alkanes of at least 4 members (excludes halogenated alkanes) is 1. The lowest BCUT2D eigenvalue weighted by Crippen LogP contribution is -2.57. The Morgan fingerprint density at radius 1 is 0.887 bits per heavy atom. The van der Waals surface area contributed by atoms with Crippen molar-refractivity contribution in [1.29, 1.82) is 0 Å². The summed E-state index contributed by atoms with van der Waals surface area (Å²) in [5.41, 5.74) is 12.7. The highest BCUT2D eigenvalue weighted by molar-refractivity contribution is 7.99. The van der Waals surface area contributed by atoms with Gasteiger partial charge in [0.2, 0.25) is 17.7 Å². The minimum Gasteiger partial charge on any atom is -0.361 e. The number of halogens is 4. The Morgan fingerprint density at radius 3 is 2.36 bits per heavy atom. The molecule has 53 heavy (non-hydrogen) atoms. The van der Waals surface area contributed by atoms with Gasteiger partial charge in [0.25, 0.3) is 0 Å². The highest BCUT2D eigenvalue weighted by Gasteiger charge is 2.37. The quantitative estimate of drug-likeness (QED) is 0.123. The fraction of sp³-hybridized carbons (Fsp3) is 0.395. The number of hydrogen-bond donors (Lipinski definition) is 6. The number of aromatic amines is 1. The molecule has 0 saturated heterocycles. The number of amides is 3. The molecule has 10 nitrogen and oxygen atoms in total. The number of rotatable bonds is 9. The van der Waals surface area contributed by atoms with Crippen molar-refractivity contribution in [3.05, 3.63) is 94.1 Å². The summed E-state index contributed by atoms with van der Waals surface area (Å²) in [6.45, 7) is 0.398. The molecule has 284 valence electrons. The SMILES string of the molecule is CN1C(=O)[C@@H](CCCCN)NC(=O)[C@@H](CCCN)NCc2ccccc2Sc2c(Cl)ccc(C(F)(F)F)c2CNC(=O)[C@@H]1Cc1c[nH]c2ccccc12. The average molecular weight is 772 g/mol. The van der Waals surface area contributed by atoms with Crippen molar-refractivity contribution < 1.29 is 27.6 Å².